The van der Waals surface area contributed by atoms with Gasteiger partial charge in [-0.15, -0.1) is 0 Å². The third kappa shape index (κ3) is 4.01. The first kappa shape index (κ1) is 21.3. The van der Waals surface area contributed by atoms with Crippen LogP contribution in [0.25, 0.3) is 0 Å². The van der Waals surface area contributed by atoms with Crippen molar-refractivity contribution in [1.29, 1.82) is 0 Å². The lowest BCUT2D eigenvalue weighted by atomic mass is 10.1. The maximum atomic E-state index is 13.3. The number of Topliss-reactive ketones (excluding diaryl/α,β-unsaturated/α-hetero) is 1. The highest BCUT2D eigenvalue weighted by Crippen LogP contribution is 2.36. The minimum atomic E-state index is -0.790. The number of aromatic nitrogens is 2. The highest BCUT2D eigenvalue weighted by Gasteiger charge is 2.36. The van der Waals surface area contributed by atoms with Crippen LogP contribution < -0.4 is 26.6 Å². The topological polar surface area (TPSA) is 131 Å². The van der Waals surface area contributed by atoms with E-state index in [0.717, 1.165) is 32.1 Å². The number of rotatable bonds is 5. The van der Waals surface area contributed by atoms with Gasteiger partial charge in [0.1, 0.15) is 17.1 Å². The Morgan fingerprint density at radius 2 is 1.82 bits per heavy atom. The van der Waals surface area contributed by atoms with Crippen LogP contribution >= 0.6 is 0 Å². The van der Waals surface area contributed by atoms with E-state index >= 15 is 0 Å². The zero-order valence-electron chi connectivity index (χ0n) is 18.3. The number of carbonyl (C=O) groups is 2. The molecule has 1 aromatic heterocycles. The molecule has 2 fully saturated rings. The second-order valence-electron chi connectivity index (χ2n) is 8.88. The van der Waals surface area contributed by atoms with E-state index in [9.17, 15) is 19.2 Å². The molecule has 10 heteroatoms. The molecule has 174 valence electrons. The molecule has 0 bridgehead atoms. The number of nitrogens with one attached hydrogen (secondary N) is 1. The number of fused-ring (bicyclic) bond motifs is 1. The van der Waals surface area contributed by atoms with Gasteiger partial charge in [0.15, 0.2) is 11.9 Å². The van der Waals surface area contributed by atoms with E-state index in [2.05, 4.69) is 4.98 Å². The maximum Gasteiger partial charge on any atom is 0.330 e. The molecule has 0 radical (unpaired) electrons. The summed E-state index contributed by atoms with van der Waals surface area (Å²) in [6.07, 6.45) is 3.85. The van der Waals surface area contributed by atoms with Crippen LogP contribution in [0.4, 0.5) is 11.5 Å². The standard InChI is InChI=1S/C23H27N5O5/c24-20-19(21(30)25-23(32)28(20)14-8-9-14)16(29)12-27-13-18(22(31)26-10-4-1-5-11-26)33-17-7-3-2-6-15(17)27/h2-3,6-7,14,18H,1,4-5,8-13,24H2,(H,25,30,32)/t18-/m1/s1. The van der Waals surface area contributed by atoms with Gasteiger partial charge in [-0.05, 0) is 44.2 Å². The number of hydrogen-bond acceptors (Lipinski definition) is 7. The molecule has 1 saturated carbocycles. The lowest BCUT2D eigenvalue weighted by Crippen LogP contribution is -2.52. The van der Waals surface area contributed by atoms with E-state index in [1.165, 1.54) is 4.57 Å². The van der Waals surface area contributed by atoms with Gasteiger partial charge in [-0.1, -0.05) is 12.1 Å². The molecule has 1 amide bonds. The first-order valence-corrected chi connectivity index (χ1v) is 11.4. The molecule has 3 aliphatic rings. The average Bonchev–Trinajstić information content (AvgIpc) is 3.64. The Bertz CT molecular complexity index is 1210. The van der Waals surface area contributed by atoms with Crippen LogP contribution in [0.15, 0.2) is 33.9 Å². The predicted octanol–water partition coefficient (Wildman–Crippen LogP) is 0.916. The largest absolute Gasteiger partial charge is 0.477 e. The first-order chi connectivity index (χ1) is 15.9. The predicted molar refractivity (Wildman–Crippen MR) is 122 cm³/mol. The molecule has 0 spiro atoms. The van der Waals surface area contributed by atoms with Gasteiger partial charge in [0.05, 0.1) is 18.8 Å². The number of nitrogen functional groups attached to an aromatic ring is 1. The normalized spacial score (nSPS) is 20.2. The number of ether oxygens (including phenoxy) is 1. The summed E-state index contributed by atoms with van der Waals surface area (Å²) in [4.78, 5) is 56.8. The number of piperidine rings is 1. The number of carbonyl (C=O) groups excluding carboxylic acids is 2. The van der Waals surface area contributed by atoms with Crippen molar-refractivity contribution in [2.45, 2.75) is 44.2 Å². The average molecular weight is 453 g/mol. The summed E-state index contributed by atoms with van der Waals surface area (Å²) in [7, 11) is 0. The maximum absolute atomic E-state index is 13.3. The first-order valence-electron chi connectivity index (χ1n) is 11.4. The molecule has 1 aliphatic carbocycles. The fraction of sp³-hybridized carbons (Fsp3) is 0.478. The van der Waals surface area contributed by atoms with Crippen molar-refractivity contribution in [3.8, 4) is 5.75 Å². The Morgan fingerprint density at radius 1 is 1.09 bits per heavy atom. The van der Waals surface area contributed by atoms with Crippen LogP contribution in [-0.4, -0.2) is 58.4 Å². The Hall–Kier alpha value is -3.56. The molecule has 1 aromatic carbocycles. The van der Waals surface area contributed by atoms with Crippen LogP contribution in [0, 0.1) is 0 Å². The smallest absolute Gasteiger partial charge is 0.330 e. The molecule has 1 atom stereocenters. The van der Waals surface area contributed by atoms with Crippen molar-refractivity contribution in [2.24, 2.45) is 0 Å². The highest BCUT2D eigenvalue weighted by atomic mass is 16.5. The molecular formula is C23H27N5O5. The van der Waals surface area contributed by atoms with Crippen molar-refractivity contribution in [1.82, 2.24) is 14.5 Å². The van der Waals surface area contributed by atoms with Crippen LogP contribution in [0.3, 0.4) is 0 Å². The van der Waals surface area contributed by atoms with Crippen molar-refractivity contribution in [2.75, 3.05) is 36.8 Å². The van der Waals surface area contributed by atoms with Crippen LogP contribution in [-0.2, 0) is 4.79 Å². The van der Waals surface area contributed by atoms with Gasteiger partial charge < -0.3 is 20.3 Å². The molecule has 33 heavy (non-hydrogen) atoms. The van der Waals surface area contributed by atoms with Gasteiger partial charge in [-0.3, -0.25) is 23.9 Å². The van der Waals surface area contributed by atoms with Gasteiger partial charge >= 0.3 is 5.69 Å². The molecule has 2 aliphatic heterocycles. The Kier molecular flexibility index (Phi) is 5.43. The second-order valence-corrected chi connectivity index (χ2v) is 8.88. The summed E-state index contributed by atoms with van der Waals surface area (Å²) < 4.78 is 7.30. The van der Waals surface area contributed by atoms with E-state index in [1.54, 1.807) is 17.0 Å². The summed E-state index contributed by atoms with van der Waals surface area (Å²) in [6.45, 7) is 1.42. The Morgan fingerprint density at radius 3 is 2.55 bits per heavy atom. The summed E-state index contributed by atoms with van der Waals surface area (Å²) >= 11 is 0. The van der Waals surface area contributed by atoms with Crippen molar-refractivity contribution >= 4 is 23.2 Å². The number of ketones is 1. The number of H-pyrrole nitrogens is 1. The van der Waals surface area contributed by atoms with Gasteiger partial charge in [-0.25, -0.2) is 4.79 Å². The molecule has 2 aromatic rings. The van der Waals surface area contributed by atoms with Gasteiger partial charge in [0.25, 0.3) is 11.5 Å². The minimum absolute atomic E-state index is 0.0865. The van der Waals surface area contributed by atoms with Crippen LogP contribution in [0.2, 0.25) is 0 Å². The quantitative estimate of drug-likeness (QED) is 0.644. The molecule has 10 nitrogen and oxygen atoms in total. The molecule has 5 rings (SSSR count). The highest BCUT2D eigenvalue weighted by molar-refractivity contribution is 6.03. The SMILES string of the molecule is Nc1c(C(=O)CN2C[C@H](C(=O)N3CCCCC3)Oc3ccccc32)c(=O)[nH]c(=O)n1C1CC1. The van der Waals surface area contributed by atoms with Gasteiger partial charge in [0, 0.05) is 19.1 Å². The number of benzene rings is 1. The summed E-state index contributed by atoms with van der Waals surface area (Å²) in [5, 5.41) is 0. The van der Waals surface area contributed by atoms with E-state index in [4.69, 9.17) is 10.5 Å². The lowest BCUT2D eigenvalue weighted by Gasteiger charge is -2.38. The van der Waals surface area contributed by atoms with Crippen molar-refractivity contribution < 1.29 is 14.3 Å². The van der Waals surface area contributed by atoms with E-state index < -0.39 is 23.1 Å². The van der Waals surface area contributed by atoms with E-state index in [-0.39, 0.29) is 36.4 Å². The van der Waals surface area contributed by atoms with E-state index in [1.807, 2.05) is 17.0 Å². The van der Waals surface area contributed by atoms with Gasteiger partial charge in [-0.2, -0.15) is 0 Å². The van der Waals surface area contributed by atoms with E-state index in [0.29, 0.717) is 24.5 Å². The fourth-order valence-electron chi connectivity index (χ4n) is 4.69. The third-order valence-corrected chi connectivity index (χ3v) is 6.51. The number of aromatic amines is 1. The van der Waals surface area contributed by atoms with Crippen molar-refractivity contribution in [3.63, 3.8) is 0 Å². The third-order valence-electron chi connectivity index (χ3n) is 6.51. The summed E-state index contributed by atoms with van der Waals surface area (Å²) in [6, 6.07) is 7.11. The number of likely N-dealkylation sites (tertiary alicyclic amines) is 1. The summed E-state index contributed by atoms with van der Waals surface area (Å²) in [5.74, 6) is -0.194. The number of nitrogens with zero attached hydrogens (tertiary/aromatic N) is 3. The molecule has 1 saturated heterocycles. The number of nitrogens with two attached hydrogens (primary N) is 1. The second kappa shape index (κ2) is 8.42. The fourth-order valence-corrected chi connectivity index (χ4v) is 4.69. The van der Waals surface area contributed by atoms with Crippen LogP contribution in [0.1, 0.15) is 48.5 Å². The van der Waals surface area contributed by atoms with Gasteiger partial charge in [0.2, 0.25) is 0 Å². The minimum Gasteiger partial charge on any atom is -0.477 e. The molecule has 0 unspecified atom stereocenters. The zero-order valence-corrected chi connectivity index (χ0v) is 18.3. The Labute approximate surface area is 189 Å². The molecule has 3 N–H and O–H groups in total. The monoisotopic (exact) mass is 453 g/mol. The molecular weight excluding hydrogens is 426 g/mol. The molecule has 3 heterocycles. The number of anilines is 2. The zero-order chi connectivity index (χ0) is 23.1. The Balaban J connectivity index is 1.43. The van der Waals surface area contributed by atoms with Crippen LogP contribution in [0.5, 0.6) is 5.75 Å². The van der Waals surface area contributed by atoms with Crippen molar-refractivity contribution in [3.05, 3.63) is 50.7 Å². The number of amides is 1. The summed E-state index contributed by atoms with van der Waals surface area (Å²) in [5.41, 5.74) is 5.18. The lowest BCUT2D eigenvalue weighted by molar-refractivity contribution is -0.139. The number of hydrogen-bond donors (Lipinski definition) is 2. The number of para-hydroxylation sites is 2.